The van der Waals surface area contributed by atoms with E-state index in [0.29, 0.717) is 12.2 Å². The highest BCUT2D eigenvalue weighted by molar-refractivity contribution is 7.16. The number of carbonyl (C=O) groups excluding carboxylic acids is 1. The van der Waals surface area contributed by atoms with Crippen LogP contribution in [0, 0.1) is 0 Å². The average molecular weight is 324 g/mol. The lowest BCUT2D eigenvalue weighted by atomic mass is 10.3. The van der Waals surface area contributed by atoms with Crippen LogP contribution in [0.3, 0.4) is 0 Å². The normalized spacial score (nSPS) is 10.4. The number of thiophene rings is 1. The Morgan fingerprint density at radius 2 is 2.19 bits per heavy atom. The zero-order valence-corrected chi connectivity index (χ0v) is 13.7. The molecule has 4 nitrogen and oxygen atoms in total. The number of aromatic nitrogens is 1. The number of pyridine rings is 1. The smallest absolute Gasteiger partial charge is 0.272 e. The minimum Gasteiger partial charge on any atom is -0.384 e. The Kier molecular flexibility index (Phi) is 5.59. The Bertz CT molecular complexity index is 597. The summed E-state index contributed by atoms with van der Waals surface area (Å²) in [5.74, 6) is -0.0958. The molecule has 0 atom stereocenters. The van der Waals surface area contributed by atoms with Crippen LogP contribution in [0.15, 0.2) is 30.5 Å². The molecule has 2 aromatic rings. The van der Waals surface area contributed by atoms with Crippen molar-refractivity contribution in [2.45, 2.75) is 19.9 Å². The van der Waals surface area contributed by atoms with E-state index in [9.17, 15) is 4.79 Å². The van der Waals surface area contributed by atoms with Crippen molar-refractivity contribution in [3.63, 3.8) is 0 Å². The predicted molar refractivity (Wildman–Crippen MR) is 88.1 cm³/mol. The Balaban J connectivity index is 1.98. The van der Waals surface area contributed by atoms with Crippen molar-refractivity contribution < 1.29 is 4.79 Å². The molecule has 0 aliphatic rings. The Hall–Kier alpha value is -1.59. The molecular formula is C15H18ClN3OS. The second-order valence-corrected chi connectivity index (χ2v) is 6.53. The van der Waals surface area contributed by atoms with E-state index in [4.69, 9.17) is 11.6 Å². The molecule has 0 aromatic carbocycles. The topological polar surface area (TPSA) is 45.2 Å². The maximum absolute atomic E-state index is 12.3. The third-order valence-corrected chi connectivity index (χ3v) is 4.15. The molecule has 0 aliphatic heterocycles. The molecule has 0 saturated carbocycles. The van der Waals surface area contributed by atoms with Crippen molar-refractivity contribution in [3.8, 4) is 0 Å². The minimum absolute atomic E-state index is 0.0958. The third kappa shape index (κ3) is 4.44. The Morgan fingerprint density at radius 1 is 1.38 bits per heavy atom. The van der Waals surface area contributed by atoms with Crippen LogP contribution in [0.4, 0.5) is 5.69 Å². The third-order valence-electron chi connectivity index (χ3n) is 2.93. The van der Waals surface area contributed by atoms with E-state index in [-0.39, 0.29) is 5.91 Å². The fourth-order valence-electron chi connectivity index (χ4n) is 1.83. The second-order valence-electron chi connectivity index (χ2n) is 4.73. The van der Waals surface area contributed by atoms with E-state index in [0.717, 1.165) is 27.9 Å². The first-order valence-corrected chi connectivity index (χ1v) is 7.99. The van der Waals surface area contributed by atoms with E-state index in [1.54, 1.807) is 24.2 Å². The summed E-state index contributed by atoms with van der Waals surface area (Å²) in [5.41, 5.74) is 1.38. The number of hydrogen-bond donors (Lipinski definition) is 1. The number of nitrogens with zero attached hydrogens (tertiary/aromatic N) is 2. The monoisotopic (exact) mass is 323 g/mol. The number of amides is 1. The molecule has 0 unspecified atom stereocenters. The van der Waals surface area contributed by atoms with Crippen LogP contribution in [0.1, 0.15) is 28.7 Å². The zero-order valence-electron chi connectivity index (χ0n) is 12.1. The van der Waals surface area contributed by atoms with E-state index in [2.05, 4.69) is 17.2 Å². The lowest BCUT2D eigenvalue weighted by Gasteiger charge is -2.15. The van der Waals surface area contributed by atoms with Gasteiger partial charge >= 0.3 is 0 Å². The fraction of sp³-hybridized carbons (Fsp3) is 0.333. The number of halogens is 1. The standard InChI is InChI=1S/C15H18ClN3OS/c1-3-8-17-11-4-6-13(18-9-11)15(20)19(2)10-12-5-7-14(16)21-12/h4-7,9,17H,3,8,10H2,1-2H3. The van der Waals surface area contributed by atoms with Crippen molar-refractivity contribution in [1.29, 1.82) is 0 Å². The molecule has 2 heterocycles. The van der Waals surface area contributed by atoms with Crippen molar-refractivity contribution >= 4 is 34.5 Å². The SMILES string of the molecule is CCCNc1ccc(C(=O)N(C)Cc2ccc(Cl)s2)nc1. The number of hydrogen-bond acceptors (Lipinski definition) is 4. The molecule has 112 valence electrons. The summed E-state index contributed by atoms with van der Waals surface area (Å²) in [6.45, 7) is 3.53. The Labute approximate surface area is 133 Å². The van der Waals surface area contributed by atoms with Crippen LogP contribution in [-0.4, -0.2) is 29.4 Å². The molecule has 0 radical (unpaired) electrons. The van der Waals surface area contributed by atoms with E-state index < -0.39 is 0 Å². The molecular weight excluding hydrogens is 306 g/mol. The molecule has 0 bridgehead atoms. The number of anilines is 1. The highest BCUT2D eigenvalue weighted by atomic mass is 35.5. The first-order valence-electron chi connectivity index (χ1n) is 6.79. The van der Waals surface area contributed by atoms with Gasteiger partial charge in [0.15, 0.2) is 0 Å². The van der Waals surface area contributed by atoms with Gasteiger partial charge in [-0.25, -0.2) is 4.98 Å². The molecule has 21 heavy (non-hydrogen) atoms. The largest absolute Gasteiger partial charge is 0.384 e. The summed E-state index contributed by atoms with van der Waals surface area (Å²) in [6, 6.07) is 7.40. The van der Waals surface area contributed by atoms with Crippen molar-refractivity contribution in [3.05, 3.63) is 45.4 Å². The van der Waals surface area contributed by atoms with Crippen LogP contribution in [-0.2, 0) is 6.54 Å². The van der Waals surface area contributed by atoms with Gasteiger partial charge in [-0.1, -0.05) is 18.5 Å². The summed E-state index contributed by atoms with van der Waals surface area (Å²) in [4.78, 5) is 19.2. The lowest BCUT2D eigenvalue weighted by molar-refractivity contribution is 0.0780. The van der Waals surface area contributed by atoms with Crippen molar-refractivity contribution in [2.75, 3.05) is 18.9 Å². The van der Waals surface area contributed by atoms with Crippen molar-refractivity contribution in [2.24, 2.45) is 0 Å². The molecule has 2 aromatic heterocycles. The van der Waals surface area contributed by atoms with Gasteiger partial charge in [0, 0.05) is 18.5 Å². The predicted octanol–water partition coefficient (Wildman–Crippen LogP) is 3.89. The highest BCUT2D eigenvalue weighted by Gasteiger charge is 2.14. The quantitative estimate of drug-likeness (QED) is 0.877. The average Bonchev–Trinajstić information content (AvgIpc) is 2.90. The molecule has 2 rings (SSSR count). The van der Waals surface area contributed by atoms with Crippen LogP contribution >= 0.6 is 22.9 Å². The van der Waals surface area contributed by atoms with Crippen LogP contribution < -0.4 is 5.32 Å². The highest BCUT2D eigenvalue weighted by Crippen LogP contribution is 2.22. The number of carbonyl (C=O) groups is 1. The number of nitrogens with one attached hydrogen (secondary N) is 1. The summed E-state index contributed by atoms with van der Waals surface area (Å²) in [7, 11) is 1.76. The van der Waals surface area contributed by atoms with Gasteiger partial charge in [-0.05, 0) is 30.7 Å². The molecule has 6 heteroatoms. The summed E-state index contributed by atoms with van der Waals surface area (Å²) >= 11 is 7.38. The van der Waals surface area contributed by atoms with Gasteiger partial charge in [0.25, 0.3) is 5.91 Å². The molecule has 0 spiro atoms. The van der Waals surface area contributed by atoms with Crippen LogP contribution in [0.25, 0.3) is 0 Å². The summed E-state index contributed by atoms with van der Waals surface area (Å²) < 4.78 is 0.732. The Morgan fingerprint density at radius 3 is 2.76 bits per heavy atom. The van der Waals surface area contributed by atoms with E-state index >= 15 is 0 Å². The van der Waals surface area contributed by atoms with Crippen LogP contribution in [0.5, 0.6) is 0 Å². The molecule has 1 N–H and O–H groups in total. The van der Waals surface area contributed by atoms with Gasteiger partial charge in [-0.15, -0.1) is 11.3 Å². The van der Waals surface area contributed by atoms with Gasteiger partial charge in [-0.2, -0.15) is 0 Å². The van der Waals surface area contributed by atoms with E-state index in [1.807, 2.05) is 18.2 Å². The number of rotatable bonds is 6. The van der Waals surface area contributed by atoms with Gasteiger partial charge in [0.05, 0.1) is 22.8 Å². The summed E-state index contributed by atoms with van der Waals surface area (Å²) in [6.07, 6.45) is 2.74. The van der Waals surface area contributed by atoms with Gasteiger partial charge in [0.2, 0.25) is 0 Å². The molecule has 0 saturated heterocycles. The molecule has 1 amide bonds. The van der Waals surface area contributed by atoms with Crippen LogP contribution in [0.2, 0.25) is 4.34 Å². The summed E-state index contributed by atoms with van der Waals surface area (Å²) in [5, 5.41) is 3.23. The lowest BCUT2D eigenvalue weighted by Crippen LogP contribution is -2.26. The second kappa shape index (κ2) is 7.43. The van der Waals surface area contributed by atoms with Gasteiger partial charge < -0.3 is 10.2 Å². The van der Waals surface area contributed by atoms with E-state index in [1.165, 1.54) is 11.3 Å². The first kappa shape index (κ1) is 15.8. The molecule has 0 fully saturated rings. The minimum atomic E-state index is -0.0958. The maximum Gasteiger partial charge on any atom is 0.272 e. The first-order chi connectivity index (χ1) is 10.1. The fourth-order valence-corrected chi connectivity index (χ4v) is 2.97. The van der Waals surface area contributed by atoms with Gasteiger partial charge in [-0.3, -0.25) is 4.79 Å². The maximum atomic E-state index is 12.3. The molecule has 0 aliphatic carbocycles. The zero-order chi connectivity index (χ0) is 15.2. The van der Waals surface area contributed by atoms with Gasteiger partial charge in [0.1, 0.15) is 5.69 Å². The van der Waals surface area contributed by atoms with Crippen molar-refractivity contribution in [1.82, 2.24) is 9.88 Å².